The van der Waals surface area contributed by atoms with Crippen LogP contribution in [-0.2, 0) is 14.3 Å². The highest BCUT2D eigenvalue weighted by Crippen LogP contribution is 2.28. The van der Waals surface area contributed by atoms with Crippen LogP contribution in [0.25, 0.3) is 0 Å². The largest absolute Gasteiger partial charge is 0.389 e. The zero-order valence-electron chi connectivity index (χ0n) is 14.8. The molecule has 0 aromatic carbocycles. The Hall–Kier alpha value is -2.03. The molecule has 2 amide bonds. The number of carbonyl (C=O) groups is 2. The quantitative estimate of drug-likeness (QED) is 0.782. The van der Waals surface area contributed by atoms with Crippen molar-refractivity contribution in [1.29, 1.82) is 0 Å². The molecule has 8 heteroatoms. The van der Waals surface area contributed by atoms with E-state index in [1.165, 1.54) is 0 Å². The fourth-order valence-corrected chi connectivity index (χ4v) is 3.52. The van der Waals surface area contributed by atoms with Gasteiger partial charge in [-0.3, -0.25) is 14.6 Å². The van der Waals surface area contributed by atoms with E-state index in [1.54, 1.807) is 36.3 Å². The van der Waals surface area contributed by atoms with Crippen LogP contribution in [-0.4, -0.2) is 78.0 Å². The Labute approximate surface area is 152 Å². The molecule has 2 saturated heterocycles. The average molecular weight is 363 g/mol. The molecule has 0 radical (unpaired) electrons. The molecule has 0 bridgehead atoms. The Morgan fingerprint density at radius 1 is 1.35 bits per heavy atom. The summed E-state index contributed by atoms with van der Waals surface area (Å²) in [5.41, 5.74) is 0.340. The van der Waals surface area contributed by atoms with Gasteiger partial charge < -0.3 is 24.8 Å². The summed E-state index contributed by atoms with van der Waals surface area (Å²) in [4.78, 5) is 30.4. The number of aromatic nitrogens is 1. The van der Waals surface area contributed by atoms with Gasteiger partial charge in [0, 0.05) is 19.8 Å². The number of rotatable bonds is 3. The molecule has 142 valence electrons. The van der Waals surface area contributed by atoms with Crippen LogP contribution in [0.4, 0.5) is 0 Å². The van der Waals surface area contributed by atoms with Gasteiger partial charge in [-0.2, -0.15) is 0 Å². The van der Waals surface area contributed by atoms with Crippen LogP contribution < -0.4 is 5.32 Å². The topological polar surface area (TPSA) is 101 Å². The Kier molecular flexibility index (Phi) is 6.18. The van der Waals surface area contributed by atoms with Gasteiger partial charge in [-0.1, -0.05) is 6.07 Å². The van der Waals surface area contributed by atoms with Crippen molar-refractivity contribution in [2.24, 2.45) is 0 Å². The van der Waals surface area contributed by atoms with Crippen LogP contribution in [0.1, 0.15) is 29.8 Å². The normalized spacial score (nSPS) is 29.2. The fourth-order valence-electron chi connectivity index (χ4n) is 3.52. The molecule has 0 saturated carbocycles. The van der Waals surface area contributed by atoms with Crippen molar-refractivity contribution in [3.63, 3.8) is 0 Å². The van der Waals surface area contributed by atoms with Crippen LogP contribution in [0.15, 0.2) is 24.4 Å². The molecule has 1 aromatic rings. The number of β-amino-alcohol motifs (C(OH)–C–C–N with tert-alkyl or cyclic N) is 1. The molecule has 2 aliphatic rings. The molecule has 3 heterocycles. The van der Waals surface area contributed by atoms with E-state index in [9.17, 15) is 14.7 Å². The first-order valence-electron chi connectivity index (χ1n) is 8.92. The van der Waals surface area contributed by atoms with Crippen molar-refractivity contribution in [1.82, 2.24) is 15.2 Å². The third kappa shape index (κ3) is 4.38. The number of aliphatic hydroxyl groups is 1. The highest BCUT2D eigenvalue weighted by Gasteiger charge is 2.40. The van der Waals surface area contributed by atoms with E-state index < -0.39 is 6.10 Å². The number of ether oxygens (including phenoxy) is 2. The predicted molar refractivity (Wildman–Crippen MR) is 92.5 cm³/mol. The molecule has 4 atom stereocenters. The second kappa shape index (κ2) is 8.57. The lowest BCUT2D eigenvalue weighted by atomic mass is 9.94. The fraction of sp³-hybridized carbons (Fsp3) is 0.611. The lowest BCUT2D eigenvalue weighted by Crippen LogP contribution is -2.57. The van der Waals surface area contributed by atoms with Gasteiger partial charge in [0.2, 0.25) is 5.91 Å². The minimum Gasteiger partial charge on any atom is -0.389 e. The number of hydrogen-bond acceptors (Lipinski definition) is 6. The average Bonchev–Trinajstić information content (AvgIpc) is 2.65. The van der Waals surface area contributed by atoms with Crippen molar-refractivity contribution in [2.45, 2.75) is 43.6 Å². The number of aliphatic hydroxyl groups excluding tert-OH is 1. The maximum absolute atomic E-state index is 13.0. The lowest BCUT2D eigenvalue weighted by Gasteiger charge is -2.44. The van der Waals surface area contributed by atoms with E-state index in [0.717, 1.165) is 0 Å². The Bertz CT molecular complexity index is 627. The first-order valence-corrected chi connectivity index (χ1v) is 8.92. The van der Waals surface area contributed by atoms with Crippen LogP contribution in [0.3, 0.4) is 0 Å². The molecular weight excluding hydrogens is 338 g/mol. The summed E-state index contributed by atoms with van der Waals surface area (Å²) in [7, 11) is 1.60. The summed E-state index contributed by atoms with van der Waals surface area (Å²) < 4.78 is 11.6. The number of fused-ring (bicyclic) bond motifs is 1. The zero-order chi connectivity index (χ0) is 18.5. The lowest BCUT2D eigenvalue weighted by molar-refractivity contribution is -0.150. The number of nitrogens with one attached hydrogen (secondary N) is 1. The molecule has 3 rings (SSSR count). The minimum absolute atomic E-state index is 0.0722. The van der Waals surface area contributed by atoms with E-state index >= 15 is 0 Å². The van der Waals surface area contributed by atoms with Gasteiger partial charge in [0.25, 0.3) is 5.91 Å². The number of hydrogen-bond donors (Lipinski definition) is 2. The van der Waals surface area contributed by atoms with Crippen molar-refractivity contribution in [3.8, 4) is 0 Å². The summed E-state index contributed by atoms with van der Waals surface area (Å²) in [6, 6.07) is 4.96. The van der Waals surface area contributed by atoms with Gasteiger partial charge in [0.15, 0.2) is 0 Å². The zero-order valence-corrected chi connectivity index (χ0v) is 14.8. The van der Waals surface area contributed by atoms with Crippen LogP contribution in [0, 0.1) is 0 Å². The third-order valence-electron chi connectivity index (χ3n) is 4.82. The molecule has 0 unspecified atom stereocenters. The Morgan fingerprint density at radius 3 is 2.92 bits per heavy atom. The molecule has 2 N–H and O–H groups in total. The summed E-state index contributed by atoms with van der Waals surface area (Å²) >= 11 is 0. The van der Waals surface area contributed by atoms with E-state index in [0.29, 0.717) is 18.5 Å². The van der Waals surface area contributed by atoms with E-state index in [1.807, 2.05) is 0 Å². The third-order valence-corrected chi connectivity index (χ3v) is 4.82. The van der Waals surface area contributed by atoms with Crippen LogP contribution in [0.5, 0.6) is 0 Å². The Balaban J connectivity index is 1.77. The molecule has 8 nitrogen and oxygen atoms in total. The molecule has 26 heavy (non-hydrogen) atoms. The molecule has 0 aliphatic carbocycles. The van der Waals surface area contributed by atoms with Gasteiger partial charge in [-0.15, -0.1) is 0 Å². The number of nitrogens with zero attached hydrogens (tertiary/aromatic N) is 2. The maximum Gasteiger partial charge on any atom is 0.272 e. The van der Waals surface area contributed by atoms with Gasteiger partial charge in [0.1, 0.15) is 11.8 Å². The number of carbonyl (C=O) groups excluding carboxylic acids is 2. The highest BCUT2D eigenvalue weighted by atomic mass is 16.5. The minimum atomic E-state index is -0.757. The first kappa shape index (κ1) is 18.8. The van der Waals surface area contributed by atoms with Gasteiger partial charge in [-0.25, -0.2) is 0 Å². The molecule has 0 spiro atoms. The maximum atomic E-state index is 13.0. The molecular formula is C18H25N3O5. The standard InChI is InChI=1S/C18H25N3O5/c1-19-17(23)8-13-5-6-15-16(26-13)11-25-10-12(22)9-21(15)18(24)14-4-2-3-7-20-14/h2-4,7,12-13,15-16,22H,5-6,8-11H2,1H3,(H,19,23)/t12-,13+,15-,16+/m0/s1. The van der Waals surface area contributed by atoms with Crippen molar-refractivity contribution < 1.29 is 24.2 Å². The van der Waals surface area contributed by atoms with Crippen molar-refractivity contribution in [2.75, 3.05) is 26.8 Å². The van der Waals surface area contributed by atoms with Crippen LogP contribution >= 0.6 is 0 Å². The summed E-state index contributed by atoms with van der Waals surface area (Å²) in [6.07, 6.45) is 1.92. The van der Waals surface area contributed by atoms with E-state index in [4.69, 9.17) is 9.47 Å². The van der Waals surface area contributed by atoms with Gasteiger partial charge >= 0.3 is 0 Å². The predicted octanol–water partition coefficient (Wildman–Crippen LogP) is -0.0328. The second-order valence-electron chi connectivity index (χ2n) is 6.68. The van der Waals surface area contributed by atoms with Crippen molar-refractivity contribution >= 4 is 11.8 Å². The summed E-state index contributed by atoms with van der Waals surface area (Å²) in [5, 5.41) is 12.7. The molecule has 1 aromatic heterocycles. The highest BCUT2D eigenvalue weighted by molar-refractivity contribution is 5.92. The summed E-state index contributed by atoms with van der Waals surface area (Å²) in [5.74, 6) is -0.299. The van der Waals surface area contributed by atoms with Crippen LogP contribution in [0.2, 0.25) is 0 Å². The Morgan fingerprint density at radius 2 is 2.19 bits per heavy atom. The van der Waals surface area contributed by atoms with Gasteiger partial charge in [0.05, 0.1) is 37.9 Å². The van der Waals surface area contributed by atoms with E-state index in [2.05, 4.69) is 10.3 Å². The molecule has 2 aliphatic heterocycles. The number of pyridine rings is 1. The summed E-state index contributed by atoms with van der Waals surface area (Å²) in [6.45, 7) is 0.580. The molecule has 2 fully saturated rings. The van der Waals surface area contributed by atoms with E-state index in [-0.39, 0.29) is 56.2 Å². The number of amides is 2. The van der Waals surface area contributed by atoms with Crippen molar-refractivity contribution in [3.05, 3.63) is 30.1 Å². The SMILES string of the molecule is CNC(=O)C[C@H]1CC[C@H]2[C@@H](COC[C@@H](O)CN2C(=O)c2ccccn2)O1. The second-order valence-corrected chi connectivity index (χ2v) is 6.68. The van der Waals surface area contributed by atoms with Gasteiger partial charge in [-0.05, 0) is 25.0 Å². The monoisotopic (exact) mass is 363 g/mol. The first-order chi connectivity index (χ1) is 12.6. The smallest absolute Gasteiger partial charge is 0.272 e.